The number of benzene rings is 2. The summed E-state index contributed by atoms with van der Waals surface area (Å²) in [6, 6.07) is 20.9. The molecule has 2 aromatic carbocycles. The molecule has 0 saturated carbocycles. The molecule has 0 spiro atoms. The Morgan fingerprint density at radius 2 is 0.971 bits per heavy atom. The average molecular weight is 573 g/mol. The standard InChI is InChI=1S/C26H34N2OSi2.2ClH.Fe/c1-19(27-21-13-9-11-15-25(21)30(3,4)5)23-17-18-24(29-23)20(2)28-22-14-10-12-16-26(22)31(6,7)8;;;/h9-18H,1-8H3;2*1H;/q;;;+2/p-2. The van der Waals surface area contributed by atoms with E-state index >= 15 is 0 Å². The van der Waals surface area contributed by atoms with Gasteiger partial charge in [-0.15, -0.1) is 0 Å². The number of furan rings is 1. The Bertz CT molecular complexity index is 1070. The summed E-state index contributed by atoms with van der Waals surface area (Å²) in [4.78, 5) is 9.84. The van der Waals surface area contributed by atoms with E-state index in [4.69, 9.17) is 34.6 Å². The second kappa shape index (κ2) is 12.5. The van der Waals surface area contributed by atoms with Crippen LogP contribution in [0.5, 0.6) is 0 Å². The molecule has 0 atom stereocenters. The Morgan fingerprint density at radius 1 is 0.647 bits per heavy atom. The summed E-state index contributed by atoms with van der Waals surface area (Å²) < 4.78 is 6.16. The number of nitrogens with zero attached hydrogens (tertiary/aromatic N) is 2. The maximum absolute atomic E-state index is 6.16. The quantitative estimate of drug-likeness (QED) is 0.217. The van der Waals surface area contributed by atoms with Crippen molar-refractivity contribution in [2.45, 2.75) is 53.1 Å². The van der Waals surface area contributed by atoms with Crippen molar-refractivity contribution in [1.82, 2.24) is 0 Å². The van der Waals surface area contributed by atoms with Crippen molar-refractivity contribution >= 4 is 69.5 Å². The van der Waals surface area contributed by atoms with Crippen LogP contribution in [0, 0.1) is 0 Å². The van der Waals surface area contributed by atoms with Crippen LogP contribution >= 0.6 is 20.2 Å². The molecule has 3 rings (SSSR count). The van der Waals surface area contributed by atoms with Crippen LogP contribution in [0.2, 0.25) is 39.3 Å². The second-order valence-electron chi connectivity index (χ2n) is 10.1. The minimum absolute atomic E-state index is 0.194. The molecule has 0 aliphatic rings. The van der Waals surface area contributed by atoms with Crippen molar-refractivity contribution in [3.8, 4) is 0 Å². The first-order chi connectivity index (χ1) is 15.9. The first kappa shape index (κ1) is 28.8. The van der Waals surface area contributed by atoms with Crippen molar-refractivity contribution in [2.24, 2.45) is 9.98 Å². The van der Waals surface area contributed by atoms with Gasteiger partial charge in [-0.05, 0) is 48.5 Å². The summed E-state index contributed by atoms with van der Waals surface area (Å²) in [6.07, 6.45) is 0. The third-order valence-electron chi connectivity index (χ3n) is 5.32. The summed E-state index contributed by atoms with van der Waals surface area (Å²) in [5, 5.41) is 2.73. The molecule has 0 aliphatic heterocycles. The predicted molar refractivity (Wildman–Crippen MR) is 153 cm³/mol. The van der Waals surface area contributed by atoms with E-state index in [1.165, 1.54) is 10.4 Å². The van der Waals surface area contributed by atoms with Gasteiger partial charge in [0, 0.05) is 0 Å². The molecule has 0 radical (unpaired) electrons. The van der Waals surface area contributed by atoms with E-state index < -0.39 is 16.1 Å². The van der Waals surface area contributed by atoms with Gasteiger partial charge in [-0.25, -0.2) is 9.98 Å². The fraction of sp³-hybridized carbons (Fsp3) is 0.308. The predicted octanol–water partition coefficient (Wildman–Crippen LogP) is 8.03. The van der Waals surface area contributed by atoms with Gasteiger partial charge in [0.1, 0.15) is 11.5 Å². The zero-order valence-electron chi connectivity index (χ0n) is 21.2. The zero-order valence-corrected chi connectivity index (χ0v) is 25.8. The molecule has 184 valence electrons. The number of hydrogen-bond acceptors (Lipinski definition) is 3. The molecule has 0 fully saturated rings. The third-order valence-corrected chi connectivity index (χ3v) is 9.40. The molecular weight excluding hydrogens is 539 g/mol. The van der Waals surface area contributed by atoms with Crippen molar-refractivity contribution in [3.63, 3.8) is 0 Å². The number of aliphatic imine (C=N–C) groups is 2. The molecule has 1 heterocycles. The average Bonchev–Trinajstić information content (AvgIpc) is 3.24. The van der Waals surface area contributed by atoms with E-state index in [0.717, 1.165) is 34.3 Å². The minimum atomic E-state index is -1.48. The summed E-state index contributed by atoms with van der Waals surface area (Å²) in [5.41, 5.74) is 3.86. The molecule has 0 aliphatic carbocycles. The van der Waals surface area contributed by atoms with Crippen LogP contribution in [-0.4, -0.2) is 27.6 Å². The molecule has 0 amide bonds. The summed E-state index contributed by atoms with van der Waals surface area (Å²) in [7, 11) is 6.58. The van der Waals surface area contributed by atoms with Crippen LogP contribution in [0.25, 0.3) is 0 Å². The van der Waals surface area contributed by atoms with Gasteiger partial charge < -0.3 is 4.42 Å². The first-order valence-electron chi connectivity index (χ1n) is 11.1. The van der Waals surface area contributed by atoms with E-state index in [-0.39, 0.29) is 13.1 Å². The topological polar surface area (TPSA) is 37.9 Å². The fourth-order valence-electron chi connectivity index (χ4n) is 3.61. The molecule has 0 unspecified atom stereocenters. The molecule has 34 heavy (non-hydrogen) atoms. The van der Waals surface area contributed by atoms with Gasteiger partial charge in [0.2, 0.25) is 0 Å². The van der Waals surface area contributed by atoms with Crippen LogP contribution in [0.1, 0.15) is 25.4 Å². The summed E-state index contributed by atoms with van der Waals surface area (Å²) in [6.45, 7) is 18.1. The third kappa shape index (κ3) is 8.08. The van der Waals surface area contributed by atoms with Crippen molar-refractivity contribution < 1.29 is 17.6 Å². The molecule has 0 bridgehead atoms. The molecule has 3 aromatic rings. The van der Waals surface area contributed by atoms with Crippen LogP contribution in [0.15, 0.2) is 75.1 Å². The van der Waals surface area contributed by atoms with Gasteiger partial charge in [0.25, 0.3) is 0 Å². The number of halogens is 2. The fourth-order valence-corrected chi connectivity index (χ4v) is 6.62. The van der Waals surface area contributed by atoms with Gasteiger partial charge in [-0.3, -0.25) is 0 Å². The van der Waals surface area contributed by atoms with Crippen LogP contribution in [-0.2, 0) is 13.1 Å². The monoisotopic (exact) mass is 572 g/mol. The first-order valence-corrected chi connectivity index (χ1v) is 21.2. The van der Waals surface area contributed by atoms with Gasteiger partial charge in [-0.2, -0.15) is 0 Å². The Hall–Kier alpha value is -1.41. The Kier molecular flexibility index (Phi) is 10.6. The second-order valence-corrected chi connectivity index (χ2v) is 22.0. The molecule has 0 saturated heterocycles. The van der Waals surface area contributed by atoms with E-state index in [0.29, 0.717) is 0 Å². The van der Waals surface area contributed by atoms with E-state index in [1.807, 2.05) is 26.0 Å². The number of rotatable bonds is 6. The van der Waals surface area contributed by atoms with Gasteiger partial charge in [-0.1, -0.05) is 75.7 Å². The van der Waals surface area contributed by atoms with Gasteiger partial charge in [0.15, 0.2) is 0 Å². The Morgan fingerprint density at radius 3 is 1.29 bits per heavy atom. The molecule has 1 aromatic heterocycles. The molecule has 0 N–H and O–H groups in total. The van der Waals surface area contributed by atoms with E-state index in [9.17, 15) is 0 Å². The molecule has 3 nitrogen and oxygen atoms in total. The Labute approximate surface area is 221 Å². The zero-order chi connectivity index (χ0) is 25.5. The van der Waals surface area contributed by atoms with E-state index in [1.54, 1.807) is 0 Å². The van der Waals surface area contributed by atoms with Gasteiger partial charge in [0.05, 0.1) is 38.9 Å². The summed E-state index contributed by atoms with van der Waals surface area (Å²) in [5.74, 6) is 1.57. The maximum atomic E-state index is 6.16. The van der Waals surface area contributed by atoms with Gasteiger partial charge >= 0.3 is 33.3 Å². The molecule has 8 heteroatoms. The SMILES string of the molecule is CC(=Nc1ccccc1[Si](C)(C)C)c1ccc(C(C)=Nc2ccccc2[Si](C)(C)C)o1.[Cl][Fe][Cl]. The van der Waals surface area contributed by atoms with Crippen LogP contribution < -0.4 is 10.4 Å². The van der Waals surface area contributed by atoms with E-state index in [2.05, 4.69) is 87.8 Å². The van der Waals surface area contributed by atoms with Crippen LogP contribution in [0.3, 0.4) is 0 Å². The number of hydrogen-bond donors (Lipinski definition) is 0. The Balaban J connectivity index is 0.00000129. The van der Waals surface area contributed by atoms with Crippen LogP contribution in [0.4, 0.5) is 11.4 Å². The summed E-state index contributed by atoms with van der Waals surface area (Å²) >= 11 is 0.194. The van der Waals surface area contributed by atoms with Crippen molar-refractivity contribution in [1.29, 1.82) is 0 Å². The normalized spacial score (nSPS) is 13.0. The van der Waals surface area contributed by atoms with Crippen molar-refractivity contribution in [3.05, 3.63) is 72.2 Å². The van der Waals surface area contributed by atoms with Crippen molar-refractivity contribution in [2.75, 3.05) is 0 Å². The number of para-hydroxylation sites is 2. The molecular formula is C26H34Cl2FeN2OSi2.